The number of para-hydroxylation sites is 1. The molecule has 0 spiro atoms. The first kappa shape index (κ1) is 16.0. The van der Waals surface area contributed by atoms with Gasteiger partial charge in [0.15, 0.2) is 12.4 Å². The minimum atomic E-state index is -0.363. The maximum absolute atomic E-state index is 12.0. The summed E-state index contributed by atoms with van der Waals surface area (Å²) in [7, 11) is 0. The van der Waals surface area contributed by atoms with Crippen LogP contribution in [0.5, 0.6) is 5.75 Å². The lowest BCUT2D eigenvalue weighted by molar-refractivity contribution is -0.125. The van der Waals surface area contributed by atoms with E-state index in [9.17, 15) is 9.59 Å². The summed E-state index contributed by atoms with van der Waals surface area (Å²) in [5.41, 5.74) is 1.27. The second-order valence-corrected chi connectivity index (χ2v) is 5.71. The predicted molar refractivity (Wildman–Crippen MR) is 86.8 cm³/mol. The normalized spacial score (nSPS) is 13.4. The van der Waals surface area contributed by atoms with Crippen LogP contribution in [0.4, 0.5) is 5.69 Å². The fourth-order valence-electron chi connectivity index (χ4n) is 2.24. The molecule has 1 fully saturated rings. The number of nitrogens with one attached hydrogen (secondary N) is 2. The highest BCUT2D eigenvalue weighted by Gasteiger charge is 2.32. The monoisotopic (exact) mass is 329 g/mol. The average Bonchev–Trinajstić information content (AvgIpc) is 3.37. The number of aromatic nitrogens is 1. The van der Waals surface area contributed by atoms with Gasteiger partial charge >= 0.3 is 0 Å². The number of hydrogen-bond donors (Lipinski definition) is 2. The molecule has 2 amide bonds. The second kappa shape index (κ2) is 7.16. The van der Waals surface area contributed by atoms with Gasteiger partial charge in [-0.25, -0.2) is 0 Å². The molecule has 126 valence electrons. The molecule has 1 aromatic heterocycles. The Kier molecular flexibility index (Phi) is 4.79. The number of ether oxygens (including phenoxy) is 1. The van der Waals surface area contributed by atoms with Crippen molar-refractivity contribution in [2.75, 3.05) is 18.5 Å². The van der Waals surface area contributed by atoms with E-state index in [1.54, 1.807) is 19.1 Å². The SMILES string of the molecule is Cc1noc(C2CC2)c1NC(=O)CNC(=O)COc1ccccc1. The molecule has 0 atom stereocenters. The summed E-state index contributed by atoms with van der Waals surface area (Å²) in [6, 6.07) is 9.01. The van der Waals surface area contributed by atoms with Crippen LogP contribution < -0.4 is 15.4 Å². The first-order chi connectivity index (χ1) is 11.6. The summed E-state index contributed by atoms with van der Waals surface area (Å²) < 4.78 is 10.6. The second-order valence-electron chi connectivity index (χ2n) is 5.71. The molecule has 0 radical (unpaired) electrons. The van der Waals surface area contributed by atoms with Gasteiger partial charge in [-0.1, -0.05) is 23.4 Å². The summed E-state index contributed by atoms with van der Waals surface area (Å²) in [4.78, 5) is 23.7. The van der Waals surface area contributed by atoms with Crippen LogP contribution >= 0.6 is 0 Å². The topological polar surface area (TPSA) is 93.5 Å². The average molecular weight is 329 g/mol. The van der Waals surface area contributed by atoms with E-state index in [1.165, 1.54) is 0 Å². The van der Waals surface area contributed by atoms with Crippen molar-refractivity contribution in [1.82, 2.24) is 10.5 Å². The molecule has 0 bridgehead atoms. The van der Waals surface area contributed by atoms with E-state index in [0.717, 1.165) is 18.6 Å². The van der Waals surface area contributed by atoms with Gasteiger partial charge < -0.3 is 19.9 Å². The number of rotatable bonds is 7. The maximum atomic E-state index is 12.0. The van der Waals surface area contributed by atoms with E-state index in [4.69, 9.17) is 9.26 Å². The van der Waals surface area contributed by atoms with E-state index in [0.29, 0.717) is 23.0 Å². The number of aryl methyl sites for hydroxylation is 1. The lowest BCUT2D eigenvalue weighted by atomic mass is 10.2. The lowest BCUT2D eigenvalue weighted by Gasteiger charge is -2.08. The van der Waals surface area contributed by atoms with Crippen LogP contribution in [0.15, 0.2) is 34.9 Å². The van der Waals surface area contributed by atoms with Gasteiger partial charge in [-0.15, -0.1) is 0 Å². The smallest absolute Gasteiger partial charge is 0.258 e. The molecule has 24 heavy (non-hydrogen) atoms. The third kappa shape index (κ3) is 4.13. The van der Waals surface area contributed by atoms with E-state index in [2.05, 4.69) is 15.8 Å². The van der Waals surface area contributed by atoms with Crippen LogP contribution in [-0.2, 0) is 9.59 Å². The minimum Gasteiger partial charge on any atom is -0.484 e. The Hall–Kier alpha value is -2.83. The van der Waals surface area contributed by atoms with Crippen molar-refractivity contribution in [3.8, 4) is 5.75 Å². The quantitative estimate of drug-likeness (QED) is 0.810. The molecule has 1 aliphatic carbocycles. The number of anilines is 1. The molecular formula is C17H19N3O4. The van der Waals surface area contributed by atoms with Crippen LogP contribution in [-0.4, -0.2) is 30.1 Å². The summed E-state index contributed by atoms with van der Waals surface area (Å²) >= 11 is 0. The largest absolute Gasteiger partial charge is 0.484 e. The van der Waals surface area contributed by atoms with Gasteiger partial charge in [0.2, 0.25) is 5.91 Å². The Morgan fingerprint density at radius 2 is 2.00 bits per heavy atom. The first-order valence-electron chi connectivity index (χ1n) is 7.84. The van der Waals surface area contributed by atoms with E-state index >= 15 is 0 Å². The molecule has 2 N–H and O–H groups in total. The van der Waals surface area contributed by atoms with Crippen molar-refractivity contribution >= 4 is 17.5 Å². The highest BCUT2D eigenvalue weighted by molar-refractivity contribution is 5.95. The van der Waals surface area contributed by atoms with Crippen molar-refractivity contribution < 1.29 is 18.8 Å². The zero-order valence-corrected chi connectivity index (χ0v) is 13.4. The number of hydrogen-bond acceptors (Lipinski definition) is 5. The lowest BCUT2D eigenvalue weighted by Crippen LogP contribution is -2.35. The molecule has 0 saturated heterocycles. The molecule has 7 heteroatoms. The Morgan fingerprint density at radius 3 is 2.71 bits per heavy atom. The fourth-order valence-corrected chi connectivity index (χ4v) is 2.24. The number of carbonyl (C=O) groups excluding carboxylic acids is 2. The Bertz CT molecular complexity index is 723. The van der Waals surface area contributed by atoms with Crippen LogP contribution in [0.3, 0.4) is 0 Å². The molecule has 2 aromatic rings. The fraction of sp³-hybridized carbons (Fsp3) is 0.353. The molecule has 0 aliphatic heterocycles. The Balaban J connectivity index is 1.44. The number of nitrogens with zero attached hydrogens (tertiary/aromatic N) is 1. The molecule has 1 aliphatic rings. The van der Waals surface area contributed by atoms with Gasteiger partial charge in [0.05, 0.1) is 6.54 Å². The summed E-state index contributed by atoms with van der Waals surface area (Å²) in [5.74, 6) is 0.982. The molecule has 1 saturated carbocycles. The van der Waals surface area contributed by atoms with Gasteiger partial charge in [-0.3, -0.25) is 9.59 Å². The van der Waals surface area contributed by atoms with Crippen molar-refractivity contribution in [3.63, 3.8) is 0 Å². The highest BCUT2D eigenvalue weighted by Crippen LogP contribution is 2.44. The van der Waals surface area contributed by atoms with Crippen LogP contribution in [0.1, 0.15) is 30.2 Å². The Morgan fingerprint density at radius 1 is 1.25 bits per heavy atom. The van der Waals surface area contributed by atoms with Crippen LogP contribution in [0.2, 0.25) is 0 Å². The standard InChI is InChI=1S/C17H19N3O4/c1-11-16(17(24-20-11)12-7-8-12)19-14(21)9-18-15(22)10-23-13-5-3-2-4-6-13/h2-6,12H,7-10H2,1H3,(H,18,22)(H,19,21). The summed E-state index contributed by atoms with van der Waals surface area (Å²) in [6.45, 7) is 1.50. The van der Waals surface area contributed by atoms with Crippen molar-refractivity contribution in [2.45, 2.75) is 25.7 Å². The summed E-state index contributed by atoms with van der Waals surface area (Å²) in [6.07, 6.45) is 2.09. The molecule has 7 nitrogen and oxygen atoms in total. The zero-order valence-electron chi connectivity index (χ0n) is 13.4. The number of amides is 2. The molecule has 1 aromatic carbocycles. The third-order valence-electron chi connectivity index (χ3n) is 3.66. The zero-order chi connectivity index (χ0) is 16.9. The molecule has 0 unspecified atom stereocenters. The van der Waals surface area contributed by atoms with E-state index < -0.39 is 0 Å². The highest BCUT2D eigenvalue weighted by atomic mass is 16.5. The number of benzene rings is 1. The Labute approximate surface area is 139 Å². The first-order valence-corrected chi connectivity index (χ1v) is 7.84. The van der Waals surface area contributed by atoms with Crippen LogP contribution in [0, 0.1) is 6.92 Å². The van der Waals surface area contributed by atoms with Crippen molar-refractivity contribution in [2.24, 2.45) is 0 Å². The minimum absolute atomic E-state index is 0.133. The van der Waals surface area contributed by atoms with Crippen LogP contribution in [0.25, 0.3) is 0 Å². The summed E-state index contributed by atoms with van der Waals surface area (Å²) in [5, 5.41) is 9.17. The molecular weight excluding hydrogens is 310 g/mol. The maximum Gasteiger partial charge on any atom is 0.258 e. The number of carbonyl (C=O) groups is 2. The van der Waals surface area contributed by atoms with Gasteiger partial charge in [0.25, 0.3) is 5.91 Å². The van der Waals surface area contributed by atoms with Gasteiger partial charge in [0, 0.05) is 5.92 Å². The van der Waals surface area contributed by atoms with Gasteiger partial charge in [0.1, 0.15) is 17.1 Å². The van der Waals surface area contributed by atoms with Crippen molar-refractivity contribution in [3.05, 3.63) is 41.8 Å². The third-order valence-corrected chi connectivity index (χ3v) is 3.66. The van der Waals surface area contributed by atoms with Gasteiger partial charge in [-0.05, 0) is 31.9 Å². The van der Waals surface area contributed by atoms with Gasteiger partial charge in [-0.2, -0.15) is 0 Å². The van der Waals surface area contributed by atoms with Crippen molar-refractivity contribution in [1.29, 1.82) is 0 Å². The molecule has 1 heterocycles. The predicted octanol–water partition coefficient (Wildman–Crippen LogP) is 1.99. The molecule has 3 rings (SSSR count). The van der Waals surface area contributed by atoms with E-state index in [-0.39, 0.29) is 25.0 Å². The van der Waals surface area contributed by atoms with E-state index in [1.807, 2.05) is 18.2 Å².